The summed E-state index contributed by atoms with van der Waals surface area (Å²) in [4.78, 5) is 56.0. The highest BCUT2D eigenvalue weighted by Crippen LogP contribution is 2.33. The molecule has 2 amide bonds. The van der Waals surface area contributed by atoms with Crippen LogP contribution in [0.2, 0.25) is 0 Å². The number of ketones is 1. The number of nitrogens with zero attached hydrogens (tertiary/aromatic N) is 1. The number of benzene rings is 1. The van der Waals surface area contributed by atoms with E-state index in [4.69, 9.17) is 0 Å². The SMILES string of the molecule is CC1(C)CC(=O)c2cc(C(=O)NC(Cc3ccccc3)C(=O)N3CCCC3)c(=O)[nH]c2C1. The monoisotopic (exact) mass is 435 g/mol. The molecule has 32 heavy (non-hydrogen) atoms. The second-order valence-corrected chi connectivity index (χ2v) is 9.59. The maximum absolute atomic E-state index is 13.1. The lowest BCUT2D eigenvalue weighted by Gasteiger charge is -2.30. The zero-order chi connectivity index (χ0) is 22.9. The molecule has 0 saturated carbocycles. The Hall–Kier alpha value is -3.22. The van der Waals surface area contributed by atoms with Gasteiger partial charge < -0.3 is 15.2 Å². The molecular weight excluding hydrogens is 406 g/mol. The average molecular weight is 436 g/mol. The summed E-state index contributed by atoms with van der Waals surface area (Å²) >= 11 is 0. The van der Waals surface area contributed by atoms with Gasteiger partial charge in [-0.15, -0.1) is 0 Å². The fourth-order valence-electron chi connectivity index (χ4n) is 4.64. The molecule has 1 fully saturated rings. The lowest BCUT2D eigenvalue weighted by Crippen LogP contribution is -2.49. The van der Waals surface area contributed by atoms with Crippen molar-refractivity contribution >= 4 is 17.6 Å². The van der Waals surface area contributed by atoms with E-state index in [1.54, 1.807) is 4.90 Å². The molecule has 168 valence electrons. The number of amides is 2. The van der Waals surface area contributed by atoms with Gasteiger partial charge in [0.05, 0.1) is 0 Å². The van der Waals surface area contributed by atoms with E-state index in [1.807, 2.05) is 44.2 Å². The number of aromatic nitrogens is 1. The molecule has 1 unspecified atom stereocenters. The number of likely N-dealkylation sites (tertiary alicyclic amines) is 1. The Bertz CT molecular complexity index is 1100. The van der Waals surface area contributed by atoms with Gasteiger partial charge >= 0.3 is 0 Å². The first-order chi connectivity index (χ1) is 15.2. The normalized spacial score (nSPS) is 18.2. The highest BCUT2D eigenvalue weighted by atomic mass is 16.2. The lowest BCUT2D eigenvalue weighted by atomic mass is 9.75. The van der Waals surface area contributed by atoms with Crippen molar-refractivity contribution in [1.82, 2.24) is 15.2 Å². The molecule has 2 aromatic rings. The molecule has 1 aliphatic heterocycles. The number of nitrogens with one attached hydrogen (secondary N) is 2. The van der Waals surface area contributed by atoms with Crippen LogP contribution >= 0.6 is 0 Å². The van der Waals surface area contributed by atoms with Crippen LogP contribution in [0.3, 0.4) is 0 Å². The van der Waals surface area contributed by atoms with Gasteiger partial charge in [0.25, 0.3) is 11.5 Å². The Labute approximate surface area is 187 Å². The third kappa shape index (κ3) is 4.66. The molecule has 4 rings (SSSR count). The summed E-state index contributed by atoms with van der Waals surface area (Å²) in [6.45, 7) is 5.29. The summed E-state index contributed by atoms with van der Waals surface area (Å²) in [5.41, 5.74) is 0.964. The number of hydrogen-bond acceptors (Lipinski definition) is 4. The van der Waals surface area contributed by atoms with Crippen molar-refractivity contribution in [3.05, 3.63) is 69.1 Å². The zero-order valence-corrected chi connectivity index (χ0v) is 18.6. The van der Waals surface area contributed by atoms with Crippen LogP contribution in [0.1, 0.15) is 65.1 Å². The first-order valence-corrected chi connectivity index (χ1v) is 11.2. The fourth-order valence-corrected chi connectivity index (χ4v) is 4.64. The number of aromatic amines is 1. The summed E-state index contributed by atoms with van der Waals surface area (Å²) in [5, 5.41) is 2.78. The second kappa shape index (κ2) is 8.73. The minimum absolute atomic E-state index is 0.0875. The van der Waals surface area contributed by atoms with Gasteiger partial charge in [-0.2, -0.15) is 0 Å². The van der Waals surface area contributed by atoms with Crippen molar-refractivity contribution < 1.29 is 14.4 Å². The number of hydrogen-bond donors (Lipinski definition) is 2. The van der Waals surface area contributed by atoms with Crippen molar-refractivity contribution in [2.75, 3.05) is 13.1 Å². The molecule has 1 atom stereocenters. The Balaban J connectivity index is 1.60. The summed E-state index contributed by atoms with van der Waals surface area (Å²) in [6, 6.07) is 10.1. The molecule has 2 aliphatic rings. The average Bonchev–Trinajstić information content (AvgIpc) is 3.27. The predicted octanol–water partition coefficient (Wildman–Crippen LogP) is 2.49. The van der Waals surface area contributed by atoms with E-state index >= 15 is 0 Å². The molecule has 1 aromatic carbocycles. The minimum atomic E-state index is -0.784. The van der Waals surface area contributed by atoms with Gasteiger partial charge in [0, 0.05) is 37.2 Å². The topological polar surface area (TPSA) is 99.3 Å². The van der Waals surface area contributed by atoms with Crippen molar-refractivity contribution in [1.29, 1.82) is 0 Å². The molecule has 0 spiro atoms. The van der Waals surface area contributed by atoms with Crippen molar-refractivity contribution in [2.45, 2.75) is 52.0 Å². The summed E-state index contributed by atoms with van der Waals surface area (Å²) < 4.78 is 0. The molecular formula is C25H29N3O4. The first kappa shape index (κ1) is 22.0. The first-order valence-electron chi connectivity index (χ1n) is 11.2. The van der Waals surface area contributed by atoms with Gasteiger partial charge in [-0.3, -0.25) is 19.2 Å². The van der Waals surface area contributed by atoms with Crippen LogP contribution in [0.5, 0.6) is 0 Å². The number of fused-ring (bicyclic) bond motifs is 1. The van der Waals surface area contributed by atoms with E-state index in [-0.39, 0.29) is 22.7 Å². The fraction of sp³-hybridized carbons (Fsp3) is 0.440. The zero-order valence-electron chi connectivity index (χ0n) is 18.6. The van der Waals surface area contributed by atoms with Gasteiger partial charge in [-0.25, -0.2) is 0 Å². The standard InChI is InChI=1S/C25H29N3O4/c1-25(2)14-20-17(21(29)15-25)13-18(23(31)27-20)22(30)26-19(12-16-8-4-3-5-9-16)24(32)28-10-6-7-11-28/h3-5,8-9,13,19H,6-7,10-12,14-15H2,1-2H3,(H,26,30)(H,27,31). The third-order valence-corrected chi connectivity index (χ3v) is 6.27. The Morgan fingerprint density at radius 1 is 1.09 bits per heavy atom. The van der Waals surface area contributed by atoms with Crippen LogP contribution in [-0.4, -0.2) is 46.6 Å². The number of Topliss-reactive ketones (excluding diaryl/α,β-unsaturated/α-hetero) is 1. The van der Waals surface area contributed by atoms with Crippen molar-refractivity contribution in [3.8, 4) is 0 Å². The van der Waals surface area contributed by atoms with E-state index in [2.05, 4.69) is 10.3 Å². The number of rotatable bonds is 5. The molecule has 7 nitrogen and oxygen atoms in total. The van der Waals surface area contributed by atoms with Crippen LogP contribution < -0.4 is 10.9 Å². The molecule has 2 N–H and O–H groups in total. The van der Waals surface area contributed by atoms with Crippen LogP contribution in [-0.2, 0) is 17.6 Å². The minimum Gasteiger partial charge on any atom is -0.341 e. The molecule has 1 saturated heterocycles. The van der Waals surface area contributed by atoms with E-state index in [0.29, 0.717) is 43.6 Å². The van der Waals surface area contributed by atoms with E-state index < -0.39 is 17.5 Å². The molecule has 0 radical (unpaired) electrons. The maximum atomic E-state index is 13.1. The van der Waals surface area contributed by atoms with Gasteiger partial charge in [0.1, 0.15) is 11.6 Å². The van der Waals surface area contributed by atoms with E-state index in [1.165, 1.54) is 6.07 Å². The van der Waals surface area contributed by atoms with Gasteiger partial charge in [0.15, 0.2) is 5.78 Å². The van der Waals surface area contributed by atoms with Gasteiger partial charge in [0.2, 0.25) is 5.91 Å². The molecule has 0 bridgehead atoms. The van der Waals surface area contributed by atoms with Crippen molar-refractivity contribution in [3.63, 3.8) is 0 Å². The smallest absolute Gasteiger partial charge is 0.261 e. The quantitative estimate of drug-likeness (QED) is 0.754. The third-order valence-electron chi connectivity index (χ3n) is 6.27. The highest BCUT2D eigenvalue weighted by molar-refractivity contribution is 6.03. The molecule has 1 aliphatic carbocycles. The number of carbonyl (C=O) groups excluding carboxylic acids is 3. The van der Waals surface area contributed by atoms with Gasteiger partial charge in [-0.1, -0.05) is 44.2 Å². The van der Waals surface area contributed by atoms with Crippen LogP contribution in [0, 0.1) is 5.41 Å². The highest BCUT2D eigenvalue weighted by Gasteiger charge is 2.34. The van der Waals surface area contributed by atoms with Gasteiger partial charge in [-0.05, 0) is 36.3 Å². The number of carbonyl (C=O) groups is 3. The van der Waals surface area contributed by atoms with Crippen LogP contribution in [0.4, 0.5) is 0 Å². The summed E-state index contributed by atoms with van der Waals surface area (Å²) in [5.74, 6) is -0.873. The van der Waals surface area contributed by atoms with Crippen molar-refractivity contribution in [2.24, 2.45) is 5.41 Å². The largest absolute Gasteiger partial charge is 0.341 e. The summed E-state index contributed by atoms with van der Waals surface area (Å²) in [6.07, 6.45) is 3.14. The Morgan fingerprint density at radius 2 is 1.78 bits per heavy atom. The number of H-pyrrole nitrogens is 1. The lowest BCUT2D eigenvalue weighted by molar-refractivity contribution is -0.132. The second-order valence-electron chi connectivity index (χ2n) is 9.59. The summed E-state index contributed by atoms with van der Waals surface area (Å²) in [7, 11) is 0. The van der Waals surface area contributed by atoms with Crippen LogP contribution in [0.15, 0.2) is 41.2 Å². The maximum Gasteiger partial charge on any atom is 0.261 e. The Kier molecular flexibility index (Phi) is 6.00. The molecule has 1 aromatic heterocycles. The van der Waals surface area contributed by atoms with E-state index in [9.17, 15) is 19.2 Å². The predicted molar refractivity (Wildman–Crippen MR) is 121 cm³/mol. The molecule has 7 heteroatoms. The molecule has 2 heterocycles. The van der Waals surface area contributed by atoms with E-state index in [0.717, 1.165) is 18.4 Å². The van der Waals surface area contributed by atoms with Crippen LogP contribution in [0.25, 0.3) is 0 Å². The Morgan fingerprint density at radius 3 is 2.47 bits per heavy atom. The number of pyridine rings is 1.